The van der Waals surface area contributed by atoms with E-state index in [1.165, 1.54) is 0 Å². The van der Waals surface area contributed by atoms with Crippen molar-refractivity contribution in [2.45, 2.75) is 20.8 Å². The van der Waals surface area contributed by atoms with Crippen molar-refractivity contribution < 1.29 is 4.79 Å². The molecule has 0 saturated carbocycles. The molecule has 1 N–H and O–H groups in total. The highest BCUT2D eigenvalue weighted by Gasteiger charge is 2.18. The van der Waals surface area contributed by atoms with E-state index in [0.29, 0.717) is 27.1 Å². The molecule has 0 aliphatic heterocycles. The van der Waals surface area contributed by atoms with Crippen molar-refractivity contribution in [1.82, 2.24) is 9.38 Å². The van der Waals surface area contributed by atoms with Crippen LogP contribution in [0.15, 0.2) is 54.7 Å². The predicted molar refractivity (Wildman–Crippen MR) is 119 cm³/mol. The summed E-state index contributed by atoms with van der Waals surface area (Å²) in [6.07, 6.45) is 1.91. The van der Waals surface area contributed by atoms with E-state index in [-0.39, 0.29) is 5.91 Å². The molecule has 0 atom stereocenters. The Bertz CT molecular complexity index is 1220. The lowest BCUT2D eigenvalue weighted by Crippen LogP contribution is -2.14. The van der Waals surface area contributed by atoms with Crippen LogP contribution in [-0.4, -0.2) is 15.3 Å². The molecule has 4 rings (SSSR count). The van der Waals surface area contributed by atoms with Gasteiger partial charge in [0.05, 0.1) is 0 Å². The minimum Gasteiger partial charge on any atom is -0.306 e. The van der Waals surface area contributed by atoms with Crippen LogP contribution in [0.5, 0.6) is 0 Å². The minimum atomic E-state index is -0.303. The fourth-order valence-corrected chi connectivity index (χ4v) is 3.97. The molecule has 0 aliphatic rings. The number of pyridine rings is 1. The number of rotatable bonds is 3. The molecule has 2 heterocycles. The number of carbonyl (C=O) groups excluding carboxylic acids is 1. The van der Waals surface area contributed by atoms with Crippen molar-refractivity contribution in [2.24, 2.45) is 0 Å². The number of amides is 1. The zero-order valence-electron chi connectivity index (χ0n) is 16.3. The van der Waals surface area contributed by atoms with Crippen LogP contribution in [-0.2, 0) is 0 Å². The lowest BCUT2D eigenvalue weighted by Gasteiger charge is -2.10. The van der Waals surface area contributed by atoms with Crippen LogP contribution >= 0.6 is 23.2 Å². The number of carbonyl (C=O) groups is 1. The molecular formula is C23H19Cl2N3O. The highest BCUT2D eigenvalue weighted by molar-refractivity contribution is 6.35. The summed E-state index contributed by atoms with van der Waals surface area (Å²) in [6.45, 7) is 6.10. The lowest BCUT2D eigenvalue weighted by atomic mass is 10.0. The number of hydrogen-bond acceptors (Lipinski definition) is 2. The summed E-state index contributed by atoms with van der Waals surface area (Å²) in [5, 5.41) is 3.82. The molecule has 4 aromatic rings. The van der Waals surface area contributed by atoms with Gasteiger partial charge in [-0.2, -0.15) is 0 Å². The van der Waals surface area contributed by atoms with E-state index in [1.54, 1.807) is 18.2 Å². The van der Waals surface area contributed by atoms with Crippen LogP contribution in [0.3, 0.4) is 0 Å². The largest absolute Gasteiger partial charge is 0.306 e. The van der Waals surface area contributed by atoms with Crippen molar-refractivity contribution in [3.8, 4) is 11.3 Å². The van der Waals surface area contributed by atoms with Crippen LogP contribution < -0.4 is 5.32 Å². The first-order chi connectivity index (χ1) is 13.8. The predicted octanol–water partition coefficient (Wildman–Crippen LogP) is 6.49. The Labute approximate surface area is 179 Å². The summed E-state index contributed by atoms with van der Waals surface area (Å²) < 4.78 is 1.88. The molecule has 4 nitrogen and oxygen atoms in total. The second-order valence-electron chi connectivity index (χ2n) is 7.23. The SMILES string of the molecule is Cc1cc(C)cc(-c2nc3cc(C)ccn3c2NC(=O)c2cc(Cl)cc(Cl)c2)c1. The second-order valence-corrected chi connectivity index (χ2v) is 8.10. The van der Waals surface area contributed by atoms with Gasteiger partial charge in [0.2, 0.25) is 0 Å². The molecule has 0 bridgehead atoms. The number of aryl methyl sites for hydroxylation is 3. The molecular weight excluding hydrogens is 405 g/mol. The minimum absolute atomic E-state index is 0.303. The first-order valence-electron chi connectivity index (χ1n) is 9.15. The molecule has 6 heteroatoms. The van der Waals surface area contributed by atoms with Gasteiger partial charge < -0.3 is 5.32 Å². The quantitative estimate of drug-likeness (QED) is 0.409. The van der Waals surface area contributed by atoms with Gasteiger partial charge in [-0.3, -0.25) is 9.20 Å². The van der Waals surface area contributed by atoms with Gasteiger partial charge >= 0.3 is 0 Å². The number of benzene rings is 2. The third kappa shape index (κ3) is 4.00. The topological polar surface area (TPSA) is 46.4 Å². The molecule has 0 saturated heterocycles. The number of halogens is 2. The van der Waals surface area contributed by atoms with E-state index in [1.807, 2.05) is 43.5 Å². The molecule has 1 amide bonds. The van der Waals surface area contributed by atoms with Crippen LogP contribution in [0.4, 0.5) is 5.82 Å². The van der Waals surface area contributed by atoms with E-state index in [9.17, 15) is 4.79 Å². The molecule has 0 spiro atoms. The summed E-state index contributed by atoms with van der Waals surface area (Å²) in [5.74, 6) is 0.300. The maximum atomic E-state index is 13.0. The molecule has 0 fully saturated rings. The summed E-state index contributed by atoms with van der Waals surface area (Å²) >= 11 is 12.1. The van der Waals surface area contributed by atoms with Gasteiger partial charge in [-0.1, -0.05) is 40.4 Å². The number of nitrogens with zero attached hydrogens (tertiary/aromatic N) is 2. The Morgan fingerprint density at radius 2 is 1.55 bits per heavy atom. The van der Waals surface area contributed by atoms with Crippen molar-refractivity contribution in [2.75, 3.05) is 5.32 Å². The Balaban J connectivity index is 1.86. The van der Waals surface area contributed by atoms with E-state index in [4.69, 9.17) is 28.2 Å². The summed E-state index contributed by atoms with van der Waals surface area (Å²) in [7, 11) is 0. The van der Waals surface area contributed by atoms with Crippen molar-refractivity contribution in [3.05, 3.63) is 87.0 Å². The number of imidazole rings is 1. The van der Waals surface area contributed by atoms with E-state index in [0.717, 1.165) is 27.9 Å². The molecule has 2 aromatic carbocycles. The highest BCUT2D eigenvalue weighted by atomic mass is 35.5. The number of anilines is 1. The first kappa shape index (κ1) is 19.5. The van der Waals surface area contributed by atoms with E-state index in [2.05, 4.69) is 23.5 Å². The van der Waals surface area contributed by atoms with E-state index < -0.39 is 0 Å². The molecule has 0 unspecified atom stereocenters. The molecule has 2 aromatic heterocycles. The molecule has 0 aliphatic carbocycles. The van der Waals surface area contributed by atoms with Gasteiger partial charge in [0.25, 0.3) is 5.91 Å². The Hall–Kier alpha value is -2.82. The summed E-state index contributed by atoms with van der Waals surface area (Å²) in [4.78, 5) is 17.8. The maximum Gasteiger partial charge on any atom is 0.256 e. The normalized spacial score (nSPS) is 11.1. The van der Waals surface area contributed by atoms with Crippen LogP contribution in [0.1, 0.15) is 27.0 Å². The molecule has 146 valence electrons. The van der Waals surface area contributed by atoms with E-state index >= 15 is 0 Å². The number of nitrogens with one attached hydrogen (secondary N) is 1. The van der Waals surface area contributed by atoms with Gasteiger partial charge in [-0.15, -0.1) is 0 Å². The second kappa shape index (κ2) is 7.54. The fraction of sp³-hybridized carbons (Fsp3) is 0.130. The van der Waals surface area contributed by atoms with Crippen LogP contribution in [0.2, 0.25) is 10.0 Å². The van der Waals surface area contributed by atoms with Crippen molar-refractivity contribution >= 4 is 40.6 Å². The third-order valence-electron chi connectivity index (χ3n) is 4.63. The average Bonchev–Trinajstić information content (AvgIpc) is 2.97. The van der Waals surface area contributed by atoms with Crippen LogP contribution in [0, 0.1) is 20.8 Å². The number of fused-ring (bicyclic) bond motifs is 1. The molecule has 29 heavy (non-hydrogen) atoms. The Morgan fingerprint density at radius 1 is 0.897 bits per heavy atom. The van der Waals surface area contributed by atoms with Gasteiger partial charge in [0.1, 0.15) is 17.2 Å². The fourth-order valence-electron chi connectivity index (χ4n) is 3.44. The monoisotopic (exact) mass is 423 g/mol. The highest BCUT2D eigenvalue weighted by Crippen LogP contribution is 2.31. The molecule has 0 radical (unpaired) electrons. The maximum absolute atomic E-state index is 13.0. The van der Waals surface area contributed by atoms with Crippen molar-refractivity contribution in [3.63, 3.8) is 0 Å². The summed E-state index contributed by atoms with van der Waals surface area (Å²) in [5.41, 5.74) is 6.16. The van der Waals surface area contributed by atoms with Gasteiger partial charge in [-0.25, -0.2) is 4.98 Å². The Kier molecular flexibility index (Phi) is 5.07. The zero-order valence-corrected chi connectivity index (χ0v) is 17.8. The van der Waals surface area contributed by atoms with Crippen molar-refractivity contribution in [1.29, 1.82) is 0 Å². The smallest absolute Gasteiger partial charge is 0.256 e. The Morgan fingerprint density at radius 3 is 2.21 bits per heavy atom. The zero-order chi connectivity index (χ0) is 20.7. The lowest BCUT2D eigenvalue weighted by molar-refractivity contribution is 0.102. The van der Waals surface area contributed by atoms with Gasteiger partial charge in [0.15, 0.2) is 0 Å². The first-order valence-corrected chi connectivity index (χ1v) is 9.90. The third-order valence-corrected chi connectivity index (χ3v) is 5.07. The van der Waals surface area contributed by atoms with Gasteiger partial charge in [0, 0.05) is 27.4 Å². The van der Waals surface area contributed by atoms with Crippen LogP contribution in [0.25, 0.3) is 16.9 Å². The summed E-state index contributed by atoms with van der Waals surface area (Å²) in [6, 6.07) is 15.0. The average molecular weight is 424 g/mol. The standard InChI is InChI=1S/C23H19Cl2N3O/c1-13-4-5-28-20(9-13)26-21(16-7-14(2)6-15(3)8-16)22(28)27-23(29)17-10-18(24)12-19(25)11-17/h4-12H,1-3H3,(H,27,29). The van der Waals surface area contributed by atoms with Gasteiger partial charge in [-0.05, 0) is 68.8 Å². The number of hydrogen-bond donors (Lipinski definition) is 1. The number of aromatic nitrogens is 2.